The third-order valence-corrected chi connectivity index (χ3v) is 8.32. The van der Waals surface area contributed by atoms with Crippen molar-refractivity contribution in [1.29, 1.82) is 0 Å². The Hall–Kier alpha value is -2.65. The number of benzene rings is 2. The van der Waals surface area contributed by atoms with Gasteiger partial charge < -0.3 is 18.9 Å². The number of carbonyl (C=O) groups is 1. The Morgan fingerprint density at radius 1 is 1.18 bits per heavy atom. The van der Waals surface area contributed by atoms with Gasteiger partial charge in [0.1, 0.15) is 11.5 Å². The Kier molecular flexibility index (Phi) is 8.23. The molecule has 10 heteroatoms. The first kappa shape index (κ1) is 26.9. The molecular formula is C28H29Cl2N3O4S. The third-order valence-electron chi connectivity index (χ3n) is 6.61. The van der Waals surface area contributed by atoms with Crippen LogP contribution in [0.1, 0.15) is 61.2 Å². The molecule has 0 amide bonds. The predicted molar refractivity (Wildman–Crippen MR) is 152 cm³/mol. The van der Waals surface area contributed by atoms with Crippen LogP contribution in [0.2, 0.25) is 10.0 Å². The second-order valence-corrected chi connectivity index (χ2v) is 11.3. The molecule has 5 rings (SSSR count). The average molecular weight is 575 g/mol. The minimum Gasteiger partial charge on any atom is -0.462 e. The minimum absolute atomic E-state index is 0.0977. The van der Waals surface area contributed by atoms with Crippen molar-refractivity contribution >= 4 is 55.9 Å². The maximum absolute atomic E-state index is 12.1. The maximum atomic E-state index is 12.1. The summed E-state index contributed by atoms with van der Waals surface area (Å²) in [5.74, 6) is 0.613. The molecule has 2 aromatic carbocycles. The van der Waals surface area contributed by atoms with Crippen molar-refractivity contribution < 1.29 is 18.8 Å². The van der Waals surface area contributed by atoms with Crippen LogP contribution in [-0.2, 0) is 16.1 Å². The van der Waals surface area contributed by atoms with Crippen LogP contribution in [0.3, 0.4) is 0 Å². The molecule has 0 atom stereocenters. The summed E-state index contributed by atoms with van der Waals surface area (Å²) in [4.78, 5) is 19.2. The monoisotopic (exact) mass is 573 g/mol. The van der Waals surface area contributed by atoms with Gasteiger partial charge in [0.15, 0.2) is 5.13 Å². The lowest BCUT2D eigenvalue weighted by Gasteiger charge is -2.31. The number of carbonyl (C=O) groups excluding carboxylic acids is 1. The van der Waals surface area contributed by atoms with E-state index in [0.29, 0.717) is 40.1 Å². The standard InChI is InChI=1S/C28H29Cl2N3O4S/c1-4-35-27(34)17-8-9-22-23(14-17)38-28(31-22)33-12-10-18(11-13-33)36-15-19-25(32-37-26(19)16(2)3)24-20(29)6-5-7-21(24)30/h5-9,14,16,18H,4,10-13,15H2,1-3H3. The van der Waals surface area contributed by atoms with E-state index in [0.717, 1.165) is 52.6 Å². The summed E-state index contributed by atoms with van der Waals surface area (Å²) in [5, 5.41) is 6.34. The van der Waals surface area contributed by atoms with Gasteiger partial charge in [-0.3, -0.25) is 0 Å². The molecule has 3 heterocycles. The summed E-state index contributed by atoms with van der Waals surface area (Å²) in [5.41, 5.74) is 3.63. The molecule has 0 N–H and O–H groups in total. The zero-order valence-electron chi connectivity index (χ0n) is 21.5. The molecule has 0 spiro atoms. The molecule has 4 aromatic rings. The summed E-state index contributed by atoms with van der Waals surface area (Å²) in [6.07, 6.45) is 1.84. The average Bonchev–Trinajstić information content (AvgIpc) is 3.52. The number of rotatable bonds is 8. The Balaban J connectivity index is 1.25. The van der Waals surface area contributed by atoms with Crippen LogP contribution in [0.5, 0.6) is 0 Å². The highest BCUT2D eigenvalue weighted by Gasteiger charge is 2.27. The van der Waals surface area contributed by atoms with Gasteiger partial charge in [-0.05, 0) is 50.1 Å². The van der Waals surface area contributed by atoms with Crippen LogP contribution in [0, 0.1) is 0 Å². The number of piperidine rings is 1. The zero-order valence-corrected chi connectivity index (χ0v) is 23.8. The van der Waals surface area contributed by atoms with E-state index in [1.54, 1.807) is 36.5 Å². The van der Waals surface area contributed by atoms with E-state index in [-0.39, 0.29) is 18.0 Å². The van der Waals surface area contributed by atoms with Gasteiger partial charge in [0, 0.05) is 30.1 Å². The number of hydrogen-bond donors (Lipinski definition) is 0. The summed E-state index contributed by atoms with van der Waals surface area (Å²) in [6.45, 7) is 8.32. The molecule has 1 saturated heterocycles. The minimum atomic E-state index is -0.310. The molecule has 1 fully saturated rings. The van der Waals surface area contributed by atoms with Crippen molar-refractivity contribution in [2.45, 2.75) is 52.2 Å². The molecular weight excluding hydrogens is 545 g/mol. The first-order chi connectivity index (χ1) is 18.4. The van der Waals surface area contributed by atoms with Crippen LogP contribution < -0.4 is 4.90 Å². The Bertz CT molecular complexity index is 1420. The van der Waals surface area contributed by atoms with E-state index in [4.69, 9.17) is 42.2 Å². The lowest BCUT2D eigenvalue weighted by atomic mass is 10.0. The maximum Gasteiger partial charge on any atom is 0.338 e. The fourth-order valence-corrected chi connectivity index (χ4v) is 6.27. The van der Waals surface area contributed by atoms with Crippen molar-refractivity contribution in [1.82, 2.24) is 10.1 Å². The molecule has 0 aliphatic carbocycles. The van der Waals surface area contributed by atoms with Gasteiger partial charge in [-0.15, -0.1) is 0 Å². The molecule has 0 bridgehead atoms. The second kappa shape index (κ2) is 11.6. The summed E-state index contributed by atoms with van der Waals surface area (Å²) >= 11 is 14.5. The van der Waals surface area contributed by atoms with Gasteiger partial charge in [0.05, 0.1) is 45.1 Å². The fraction of sp³-hybridized carbons (Fsp3) is 0.393. The van der Waals surface area contributed by atoms with Crippen LogP contribution in [0.15, 0.2) is 40.9 Å². The molecule has 200 valence electrons. The van der Waals surface area contributed by atoms with Gasteiger partial charge >= 0.3 is 5.97 Å². The summed E-state index contributed by atoms with van der Waals surface area (Å²) in [7, 11) is 0. The van der Waals surface area contributed by atoms with E-state index in [1.165, 1.54) is 0 Å². The van der Waals surface area contributed by atoms with Gasteiger partial charge in [-0.25, -0.2) is 9.78 Å². The molecule has 0 unspecified atom stereocenters. The van der Waals surface area contributed by atoms with Crippen molar-refractivity contribution in [2.75, 3.05) is 24.6 Å². The van der Waals surface area contributed by atoms with E-state index in [9.17, 15) is 4.79 Å². The topological polar surface area (TPSA) is 77.7 Å². The van der Waals surface area contributed by atoms with Crippen molar-refractivity contribution in [3.63, 3.8) is 0 Å². The summed E-state index contributed by atoms with van der Waals surface area (Å²) < 4.78 is 18.2. The number of esters is 1. The molecule has 2 aromatic heterocycles. The van der Waals surface area contributed by atoms with E-state index >= 15 is 0 Å². The van der Waals surface area contributed by atoms with Crippen LogP contribution in [0.25, 0.3) is 21.5 Å². The quantitative estimate of drug-likeness (QED) is 0.199. The number of anilines is 1. The fourth-order valence-electron chi connectivity index (χ4n) is 4.64. The number of fused-ring (bicyclic) bond motifs is 1. The van der Waals surface area contributed by atoms with Gasteiger partial charge in [0.2, 0.25) is 0 Å². The Morgan fingerprint density at radius 3 is 2.61 bits per heavy atom. The molecule has 38 heavy (non-hydrogen) atoms. The zero-order chi connectivity index (χ0) is 26.8. The molecule has 0 radical (unpaired) electrons. The number of halogens is 2. The molecule has 1 aliphatic heterocycles. The smallest absolute Gasteiger partial charge is 0.338 e. The second-order valence-electron chi connectivity index (χ2n) is 9.52. The van der Waals surface area contributed by atoms with E-state index in [1.807, 2.05) is 18.2 Å². The summed E-state index contributed by atoms with van der Waals surface area (Å²) in [6, 6.07) is 10.9. The highest BCUT2D eigenvalue weighted by Crippen LogP contribution is 2.39. The molecule has 7 nitrogen and oxygen atoms in total. The molecule has 1 aliphatic rings. The van der Waals surface area contributed by atoms with Crippen molar-refractivity contribution in [3.8, 4) is 11.3 Å². The number of hydrogen-bond acceptors (Lipinski definition) is 8. The van der Waals surface area contributed by atoms with Crippen LogP contribution in [0.4, 0.5) is 5.13 Å². The van der Waals surface area contributed by atoms with Gasteiger partial charge in [-0.2, -0.15) is 0 Å². The predicted octanol–water partition coefficient (Wildman–Crippen LogP) is 7.74. The number of ether oxygens (including phenoxy) is 2. The third kappa shape index (κ3) is 5.54. The van der Waals surface area contributed by atoms with Gasteiger partial charge in [-0.1, -0.05) is 59.6 Å². The highest BCUT2D eigenvalue weighted by atomic mass is 35.5. The largest absolute Gasteiger partial charge is 0.462 e. The Morgan fingerprint density at radius 2 is 1.92 bits per heavy atom. The first-order valence-electron chi connectivity index (χ1n) is 12.7. The first-order valence-corrected chi connectivity index (χ1v) is 14.3. The number of nitrogens with zero attached hydrogens (tertiary/aromatic N) is 3. The van der Waals surface area contributed by atoms with Crippen LogP contribution in [-0.4, -0.2) is 41.9 Å². The normalized spacial score (nSPS) is 14.5. The highest BCUT2D eigenvalue weighted by molar-refractivity contribution is 7.22. The van der Waals surface area contributed by atoms with E-state index < -0.39 is 0 Å². The van der Waals surface area contributed by atoms with Crippen molar-refractivity contribution in [2.24, 2.45) is 0 Å². The Labute approximate surface area is 235 Å². The lowest BCUT2D eigenvalue weighted by molar-refractivity contribution is 0.0245. The molecule has 0 saturated carbocycles. The number of thiazole rings is 1. The lowest BCUT2D eigenvalue weighted by Crippen LogP contribution is -2.37. The van der Waals surface area contributed by atoms with Crippen molar-refractivity contribution in [3.05, 3.63) is 63.3 Å². The van der Waals surface area contributed by atoms with Gasteiger partial charge in [0.25, 0.3) is 0 Å². The van der Waals surface area contributed by atoms with Crippen LogP contribution >= 0.6 is 34.5 Å². The SMILES string of the molecule is CCOC(=O)c1ccc2nc(N3CCC(OCc4c(-c5c(Cl)cccc5Cl)noc4C(C)C)CC3)sc2c1. The number of aromatic nitrogens is 2. The van der Waals surface area contributed by atoms with E-state index in [2.05, 4.69) is 23.9 Å².